The molecule has 3 heterocycles. The first kappa shape index (κ1) is 19.3. The fourth-order valence-electron chi connectivity index (χ4n) is 3.65. The van der Waals surface area contributed by atoms with Crippen molar-refractivity contribution in [1.29, 1.82) is 0 Å². The molecule has 0 fully saturated rings. The van der Waals surface area contributed by atoms with Crippen molar-refractivity contribution in [1.82, 2.24) is 4.90 Å². The first-order chi connectivity index (χ1) is 14.0. The van der Waals surface area contributed by atoms with Crippen LogP contribution in [0.2, 0.25) is 5.02 Å². The highest BCUT2D eigenvalue weighted by molar-refractivity contribution is 6.31. The number of aliphatic hydroxyl groups is 1. The van der Waals surface area contributed by atoms with Crippen molar-refractivity contribution in [2.24, 2.45) is 0 Å². The summed E-state index contributed by atoms with van der Waals surface area (Å²) in [7, 11) is 0. The van der Waals surface area contributed by atoms with Crippen molar-refractivity contribution in [3.63, 3.8) is 0 Å². The number of benzene rings is 1. The molecule has 0 bridgehead atoms. The number of hydrogen-bond donors (Lipinski definition) is 1. The van der Waals surface area contributed by atoms with Gasteiger partial charge in [0.1, 0.15) is 17.4 Å². The third-order valence-electron chi connectivity index (χ3n) is 5.07. The molecule has 1 unspecified atom stereocenters. The molecule has 1 atom stereocenters. The van der Waals surface area contributed by atoms with Gasteiger partial charge < -0.3 is 18.8 Å². The van der Waals surface area contributed by atoms with E-state index in [1.54, 1.807) is 36.4 Å². The number of nitrogens with zero attached hydrogens (tertiary/aromatic N) is 1. The van der Waals surface area contributed by atoms with E-state index in [0.29, 0.717) is 28.3 Å². The molecular formula is C22H20ClNO5. The van der Waals surface area contributed by atoms with Crippen LogP contribution < -0.4 is 0 Å². The second kappa shape index (κ2) is 7.79. The topological polar surface area (TPSA) is 83.9 Å². The van der Waals surface area contributed by atoms with E-state index >= 15 is 0 Å². The minimum Gasteiger partial charge on any atom is -0.503 e. The monoisotopic (exact) mass is 413 g/mol. The van der Waals surface area contributed by atoms with E-state index in [1.165, 1.54) is 11.2 Å². The molecule has 150 valence electrons. The van der Waals surface area contributed by atoms with E-state index in [1.807, 2.05) is 0 Å². The van der Waals surface area contributed by atoms with Crippen molar-refractivity contribution in [2.45, 2.75) is 32.2 Å². The molecular weight excluding hydrogens is 394 g/mol. The lowest BCUT2D eigenvalue weighted by Crippen LogP contribution is -2.31. The van der Waals surface area contributed by atoms with E-state index < -0.39 is 23.5 Å². The van der Waals surface area contributed by atoms with Gasteiger partial charge in [0.05, 0.1) is 11.8 Å². The number of furan rings is 2. The number of Topliss-reactive ketones (excluding diaryl/α,β-unsaturated/α-hetero) is 1. The maximum absolute atomic E-state index is 13.3. The third-order valence-corrected chi connectivity index (χ3v) is 5.30. The van der Waals surface area contributed by atoms with E-state index in [2.05, 4.69) is 6.92 Å². The smallest absolute Gasteiger partial charge is 0.290 e. The lowest BCUT2D eigenvalue weighted by atomic mass is 9.99. The number of aliphatic hydroxyl groups excluding tert-OH is 1. The van der Waals surface area contributed by atoms with E-state index in [9.17, 15) is 14.7 Å². The van der Waals surface area contributed by atoms with Crippen molar-refractivity contribution in [3.05, 3.63) is 70.5 Å². The van der Waals surface area contributed by atoms with Crippen LogP contribution in [0, 0.1) is 0 Å². The number of ketones is 1. The van der Waals surface area contributed by atoms with Crippen LogP contribution in [0.15, 0.2) is 62.8 Å². The number of amides is 1. The van der Waals surface area contributed by atoms with Crippen molar-refractivity contribution in [2.75, 3.05) is 6.54 Å². The molecule has 1 N–H and O–H groups in total. The summed E-state index contributed by atoms with van der Waals surface area (Å²) in [6.45, 7) is 2.48. The number of hydrogen-bond acceptors (Lipinski definition) is 5. The SMILES string of the molecule is CCCCCN1C(=O)C(O)=C(C(=O)c2cc3cc(Cl)ccc3o2)C1c1ccco1. The van der Waals surface area contributed by atoms with Gasteiger partial charge in [0.25, 0.3) is 5.91 Å². The van der Waals surface area contributed by atoms with Crippen LogP contribution in [0.3, 0.4) is 0 Å². The zero-order valence-electron chi connectivity index (χ0n) is 15.9. The van der Waals surface area contributed by atoms with Gasteiger partial charge in [-0.3, -0.25) is 9.59 Å². The molecule has 0 aliphatic carbocycles. The van der Waals surface area contributed by atoms with Crippen LogP contribution in [0.5, 0.6) is 0 Å². The summed E-state index contributed by atoms with van der Waals surface area (Å²) in [5.74, 6) is -1.25. The molecule has 0 radical (unpaired) electrons. The predicted molar refractivity (Wildman–Crippen MR) is 108 cm³/mol. The van der Waals surface area contributed by atoms with E-state index in [4.69, 9.17) is 20.4 Å². The van der Waals surface area contributed by atoms with Crippen molar-refractivity contribution in [3.8, 4) is 0 Å². The highest BCUT2D eigenvalue weighted by atomic mass is 35.5. The number of carbonyl (C=O) groups excluding carboxylic acids is 2. The van der Waals surface area contributed by atoms with Crippen molar-refractivity contribution < 1.29 is 23.5 Å². The van der Waals surface area contributed by atoms with Crippen LogP contribution in [0.1, 0.15) is 48.5 Å². The highest BCUT2D eigenvalue weighted by Crippen LogP contribution is 2.40. The van der Waals surface area contributed by atoms with Crippen molar-refractivity contribution >= 4 is 34.3 Å². The zero-order chi connectivity index (χ0) is 20.5. The summed E-state index contributed by atoms with van der Waals surface area (Å²) in [4.78, 5) is 27.5. The Kier molecular flexibility index (Phi) is 5.20. The Bertz CT molecular complexity index is 1100. The Morgan fingerprint density at radius 3 is 2.79 bits per heavy atom. The Labute approximate surface area is 172 Å². The average Bonchev–Trinajstić information content (AvgIpc) is 3.42. The standard InChI is InChI=1S/C22H20ClNO5/c1-2-3-4-9-24-19(16-6-5-10-28-16)18(21(26)22(24)27)20(25)17-12-13-11-14(23)7-8-15(13)29-17/h5-8,10-12,19,26H,2-4,9H2,1H3. The van der Waals surface area contributed by atoms with Gasteiger partial charge in [-0.25, -0.2) is 0 Å². The third kappa shape index (κ3) is 3.44. The fourth-order valence-corrected chi connectivity index (χ4v) is 3.83. The number of rotatable bonds is 7. The van der Waals surface area contributed by atoms with Crippen LogP contribution in [-0.4, -0.2) is 28.2 Å². The Morgan fingerprint density at radius 2 is 2.07 bits per heavy atom. The maximum atomic E-state index is 13.3. The second-order valence-corrected chi connectivity index (χ2v) is 7.44. The minimum atomic E-state index is -0.793. The van der Waals surface area contributed by atoms with Gasteiger partial charge in [-0.15, -0.1) is 0 Å². The molecule has 1 aromatic carbocycles. The van der Waals surface area contributed by atoms with Gasteiger partial charge in [0.2, 0.25) is 5.78 Å². The molecule has 0 saturated carbocycles. The Hall–Kier alpha value is -2.99. The lowest BCUT2D eigenvalue weighted by molar-refractivity contribution is -0.129. The number of halogens is 1. The van der Waals surface area contributed by atoms with E-state index in [0.717, 1.165) is 19.3 Å². The summed E-state index contributed by atoms with van der Waals surface area (Å²) in [5.41, 5.74) is 0.461. The summed E-state index contributed by atoms with van der Waals surface area (Å²) >= 11 is 6.01. The largest absolute Gasteiger partial charge is 0.503 e. The van der Waals surface area contributed by atoms with Crippen LogP contribution in [0.25, 0.3) is 11.0 Å². The van der Waals surface area contributed by atoms with Gasteiger partial charge in [-0.1, -0.05) is 31.4 Å². The van der Waals surface area contributed by atoms with Gasteiger partial charge in [0.15, 0.2) is 11.5 Å². The summed E-state index contributed by atoms with van der Waals surface area (Å²) < 4.78 is 11.2. The highest BCUT2D eigenvalue weighted by Gasteiger charge is 2.45. The lowest BCUT2D eigenvalue weighted by Gasteiger charge is -2.24. The first-order valence-corrected chi connectivity index (χ1v) is 9.90. The number of unbranched alkanes of at least 4 members (excludes halogenated alkanes) is 2. The average molecular weight is 414 g/mol. The molecule has 1 aliphatic rings. The minimum absolute atomic E-state index is 0.0311. The molecule has 7 heteroatoms. The van der Waals surface area contributed by atoms with E-state index in [-0.39, 0.29) is 11.3 Å². The number of carbonyl (C=O) groups is 2. The van der Waals surface area contributed by atoms with Gasteiger partial charge in [0, 0.05) is 17.0 Å². The molecule has 6 nitrogen and oxygen atoms in total. The fraction of sp³-hybridized carbons (Fsp3) is 0.273. The van der Waals surface area contributed by atoms with Crippen LogP contribution in [0.4, 0.5) is 0 Å². The summed E-state index contributed by atoms with van der Waals surface area (Å²) in [6.07, 6.45) is 4.16. The van der Waals surface area contributed by atoms with Gasteiger partial charge in [-0.2, -0.15) is 0 Å². The van der Waals surface area contributed by atoms with Gasteiger partial charge in [-0.05, 0) is 42.8 Å². The molecule has 1 aliphatic heterocycles. The molecule has 4 rings (SSSR count). The zero-order valence-corrected chi connectivity index (χ0v) is 16.6. The quantitative estimate of drug-likeness (QED) is 0.411. The van der Waals surface area contributed by atoms with Gasteiger partial charge >= 0.3 is 0 Å². The molecule has 3 aromatic rings. The molecule has 1 amide bonds. The predicted octanol–water partition coefficient (Wildman–Crippen LogP) is 5.45. The normalized spacial score (nSPS) is 17.0. The molecule has 2 aromatic heterocycles. The van der Waals surface area contributed by atoms with Crippen LogP contribution in [-0.2, 0) is 4.79 Å². The second-order valence-electron chi connectivity index (χ2n) is 7.01. The first-order valence-electron chi connectivity index (χ1n) is 9.52. The van der Waals surface area contributed by atoms with Crippen LogP contribution >= 0.6 is 11.6 Å². The number of fused-ring (bicyclic) bond motifs is 1. The molecule has 0 spiro atoms. The Morgan fingerprint density at radius 1 is 1.24 bits per heavy atom. The molecule has 29 heavy (non-hydrogen) atoms. The Balaban J connectivity index is 1.74. The maximum Gasteiger partial charge on any atom is 0.290 e. The summed E-state index contributed by atoms with van der Waals surface area (Å²) in [5, 5.41) is 11.8. The molecule has 0 saturated heterocycles. The summed E-state index contributed by atoms with van der Waals surface area (Å²) in [6, 6.07) is 9.17.